The summed E-state index contributed by atoms with van der Waals surface area (Å²) in [6, 6.07) is 18.2. The molecule has 3 aromatic rings. The average Bonchev–Trinajstić information content (AvgIpc) is 2.81. The molecule has 33 heavy (non-hydrogen) atoms. The highest BCUT2D eigenvalue weighted by atomic mass is 16.3. The van der Waals surface area contributed by atoms with E-state index in [0.29, 0.717) is 12.8 Å². The first-order valence-corrected chi connectivity index (χ1v) is 11.1. The van der Waals surface area contributed by atoms with Crippen molar-refractivity contribution in [2.75, 3.05) is 7.05 Å². The van der Waals surface area contributed by atoms with Crippen molar-refractivity contribution in [3.05, 3.63) is 82.9 Å². The van der Waals surface area contributed by atoms with Gasteiger partial charge in [-0.15, -0.1) is 0 Å². The Morgan fingerprint density at radius 3 is 2.27 bits per heavy atom. The number of phenolic OH excluding ortho intramolecular Hbond substituents is 2. The summed E-state index contributed by atoms with van der Waals surface area (Å²) in [5, 5.41) is 25.5. The maximum atomic E-state index is 12.9. The quantitative estimate of drug-likeness (QED) is 0.422. The van der Waals surface area contributed by atoms with Gasteiger partial charge in [-0.05, 0) is 78.9 Å². The Kier molecular flexibility index (Phi) is 6.47. The van der Waals surface area contributed by atoms with Crippen molar-refractivity contribution in [3.63, 3.8) is 0 Å². The number of phenols is 2. The summed E-state index contributed by atoms with van der Waals surface area (Å²) >= 11 is 0. The number of benzene rings is 3. The van der Waals surface area contributed by atoms with E-state index >= 15 is 0 Å². The van der Waals surface area contributed by atoms with Gasteiger partial charge in [-0.25, -0.2) is 0 Å². The van der Waals surface area contributed by atoms with Gasteiger partial charge in [0.1, 0.15) is 5.78 Å². The van der Waals surface area contributed by atoms with Crippen molar-refractivity contribution in [2.24, 2.45) is 0 Å². The Morgan fingerprint density at radius 2 is 1.61 bits per heavy atom. The average molecular weight is 445 g/mol. The summed E-state index contributed by atoms with van der Waals surface area (Å²) in [6.45, 7) is 2.41. The molecule has 6 heteroatoms. The zero-order valence-corrected chi connectivity index (χ0v) is 18.8. The van der Waals surface area contributed by atoms with Crippen molar-refractivity contribution in [1.82, 2.24) is 10.6 Å². The third-order valence-electron chi connectivity index (χ3n) is 6.28. The fraction of sp³-hybridized carbons (Fsp3) is 0.259. The minimum atomic E-state index is -0.343. The molecule has 0 radical (unpaired) electrons. The van der Waals surface area contributed by atoms with Gasteiger partial charge in [0.05, 0.1) is 6.04 Å². The lowest BCUT2D eigenvalue weighted by atomic mass is 9.77. The minimum absolute atomic E-state index is 0.119. The highest BCUT2D eigenvalue weighted by molar-refractivity contribution is 5.95. The second kappa shape index (κ2) is 9.46. The lowest BCUT2D eigenvalue weighted by molar-refractivity contribution is -0.118. The lowest BCUT2D eigenvalue weighted by Crippen LogP contribution is -2.33. The van der Waals surface area contributed by atoms with E-state index in [0.717, 1.165) is 28.8 Å². The molecule has 1 aliphatic carbocycles. The molecular weight excluding hydrogens is 416 g/mol. The van der Waals surface area contributed by atoms with Gasteiger partial charge in [0.15, 0.2) is 11.5 Å². The molecule has 4 N–H and O–H groups in total. The Bertz CT molecular complexity index is 1190. The molecule has 6 nitrogen and oxygen atoms in total. The van der Waals surface area contributed by atoms with Crippen LogP contribution in [0.5, 0.6) is 11.5 Å². The summed E-state index contributed by atoms with van der Waals surface area (Å²) in [4.78, 5) is 25.2. The van der Waals surface area contributed by atoms with Crippen LogP contribution in [0.3, 0.4) is 0 Å². The number of carbonyl (C=O) groups excluding carboxylic acids is 2. The zero-order valence-electron chi connectivity index (χ0n) is 18.8. The minimum Gasteiger partial charge on any atom is -0.504 e. The van der Waals surface area contributed by atoms with Gasteiger partial charge in [-0.3, -0.25) is 9.59 Å². The number of fused-ring (bicyclic) bond motifs is 1. The normalized spacial score (nSPS) is 17.3. The van der Waals surface area contributed by atoms with E-state index in [1.54, 1.807) is 6.92 Å². The summed E-state index contributed by atoms with van der Waals surface area (Å²) in [5.41, 5.74) is 5.43. The summed E-state index contributed by atoms with van der Waals surface area (Å²) in [6.07, 6.45) is 1.30. The molecule has 1 aliphatic rings. The summed E-state index contributed by atoms with van der Waals surface area (Å²) in [7, 11) is 1.91. The van der Waals surface area contributed by atoms with Crippen molar-refractivity contribution in [2.45, 2.75) is 38.3 Å². The molecule has 1 amide bonds. The van der Waals surface area contributed by atoms with E-state index in [2.05, 4.69) is 41.0 Å². The van der Waals surface area contributed by atoms with E-state index in [1.807, 2.05) is 19.2 Å². The second-order valence-electron chi connectivity index (χ2n) is 8.54. The first kappa shape index (κ1) is 22.6. The molecule has 0 aromatic heterocycles. The van der Waals surface area contributed by atoms with Gasteiger partial charge in [-0.2, -0.15) is 0 Å². The van der Waals surface area contributed by atoms with Crippen LogP contribution in [0, 0.1) is 0 Å². The van der Waals surface area contributed by atoms with E-state index < -0.39 is 0 Å². The molecule has 2 atom stereocenters. The van der Waals surface area contributed by atoms with Crippen LogP contribution in [0.15, 0.2) is 60.7 Å². The van der Waals surface area contributed by atoms with Crippen LogP contribution in [0.2, 0.25) is 0 Å². The second-order valence-corrected chi connectivity index (χ2v) is 8.54. The van der Waals surface area contributed by atoms with Crippen LogP contribution in [0.1, 0.15) is 58.8 Å². The van der Waals surface area contributed by atoms with Crippen LogP contribution < -0.4 is 10.6 Å². The number of amides is 1. The molecular formula is C27H28N2O4. The topological polar surface area (TPSA) is 98.7 Å². The highest BCUT2D eigenvalue weighted by Gasteiger charge is 2.31. The SMILES string of the molecule is CNCc1ccc(-c2ccc3c(c2)[C@H](NC(=O)c2ccc(O)c(O)c2)CCC3C(C)=O)cc1. The number of ketones is 1. The fourth-order valence-electron chi connectivity index (χ4n) is 4.52. The number of aromatic hydroxyl groups is 2. The fourth-order valence-corrected chi connectivity index (χ4v) is 4.52. The largest absolute Gasteiger partial charge is 0.504 e. The first-order valence-electron chi connectivity index (χ1n) is 11.1. The Hall–Kier alpha value is -3.64. The first-order chi connectivity index (χ1) is 15.9. The number of Topliss-reactive ketones (excluding diaryl/α,β-unsaturated/α-hetero) is 1. The van der Waals surface area contributed by atoms with Gasteiger partial charge in [-0.1, -0.05) is 36.4 Å². The maximum Gasteiger partial charge on any atom is 0.251 e. The van der Waals surface area contributed by atoms with Crippen LogP contribution in [-0.4, -0.2) is 29.0 Å². The molecule has 0 saturated carbocycles. The standard InChI is InChI=1S/C27H28N2O4/c1-16(30)21-10-11-24(29-27(33)20-8-12-25(31)26(32)14-20)23-13-19(7-9-22(21)23)18-5-3-17(4-6-18)15-28-2/h3-9,12-14,21,24,28,31-32H,10-11,15H2,1-2H3,(H,29,33)/t21?,24-/m1/s1. The summed E-state index contributed by atoms with van der Waals surface area (Å²) < 4.78 is 0. The molecule has 0 heterocycles. The highest BCUT2D eigenvalue weighted by Crippen LogP contribution is 2.40. The van der Waals surface area contributed by atoms with E-state index in [1.165, 1.54) is 23.8 Å². The Morgan fingerprint density at radius 1 is 0.879 bits per heavy atom. The number of hydrogen-bond acceptors (Lipinski definition) is 5. The van der Waals surface area contributed by atoms with Crippen LogP contribution >= 0.6 is 0 Å². The van der Waals surface area contributed by atoms with Gasteiger partial charge in [0.25, 0.3) is 5.91 Å². The predicted molar refractivity (Wildman–Crippen MR) is 127 cm³/mol. The van der Waals surface area contributed by atoms with Gasteiger partial charge in [0.2, 0.25) is 0 Å². The molecule has 0 bridgehead atoms. The molecule has 0 spiro atoms. The van der Waals surface area contributed by atoms with Crippen LogP contribution in [-0.2, 0) is 11.3 Å². The molecule has 0 aliphatic heterocycles. The lowest BCUT2D eigenvalue weighted by Gasteiger charge is -2.31. The smallest absolute Gasteiger partial charge is 0.251 e. The van der Waals surface area contributed by atoms with Crippen LogP contribution in [0.4, 0.5) is 0 Å². The molecule has 1 unspecified atom stereocenters. The number of rotatable bonds is 6. The molecule has 3 aromatic carbocycles. The molecule has 0 fully saturated rings. The number of hydrogen-bond donors (Lipinski definition) is 4. The van der Waals surface area contributed by atoms with E-state index in [9.17, 15) is 19.8 Å². The third kappa shape index (κ3) is 4.76. The van der Waals surface area contributed by atoms with E-state index in [-0.39, 0.29) is 40.7 Å². The van der Waals surface area contributed by atoms with Crippen molar-refractivity contribution in [1.29, 1.82) is 0 Å². The predicted octanol–water partition coefficient (Wildman–Crippen LogP) is 4.42. The molecule has 170 valence electrons. The van der Waals surface area contributed by atoms with Crippen molar-refractivity contribution in [3.8, 4) is 22.6 Å². The molecule has 0 saturated heterocycles. The third-order valence-corrected chi connectivity index (χ3v) is 6.28. The van der Waals surface area contributed by atoms with Crippen molar-refractivity contribution >= 4 is 11.7 Å². The van der Waals surface area contributed by atoms with Gasteiger partial charge >= 0.3 is 0 Å². The van der Waals surface area contributed by atoms with Gasteiger partial charge < -0.3 is 20.8 Å². The van der Waals surface area contributed by atoms with Crippen LogP contribution in [0.25, 0.3) is 11.1 Å². The Labute approximate surface area is 193 Å². The monoisotopic (exact) mass is 444 g/mol. The van der Waals surface area contributed by atoms with Crippen molar-refractivity contribution < 1.29 is 19.8 Å². The molecule has 4 rings (SSSR count). The maximum absolute atomic E-state index is 12.9. The zero-order chi connectivity index (χ0) is 23.5. The number of carbonyl (C=O) groups is 2. The Balaban J connectivity index is 1.67. The summed E-state index contributed by atoms with van der Waals surface area (Å²) in [5.74, 6) is -1.02. The van der Waals surface area contributed by atoms with Gasteiger partial charge in [0, 0.05) is 18.0 Å². The van der Waals surface area contributed by atoms with E-state index in [4.69, 9.17) is 0 Å². The number of nitrogens with one attached hydrogen (secondary N) is 2.